The molecule has 0 saturated carbocycles. The molecule has 0 bridgehead atoms. The Kier molecular flexibility index (Phi) is 6.58. The molecule has 0 N–H and O–H groups in total. The molecule has 2 aromatic rings. The molecule has 5 nitrogen and oxygen atoms in total. The number of allylic oxidation sites excluding steroid dienone is 8. The molecule has 2 atom stereocenters. The Labute approximate surface area is 230 Å². The summed E-state index contributed by atoms with van der Waals surface area (Å²) in [4.78, 5) is 38.7. The van der Waals surface area contributed by atoms with Crippen LogP contribution in [0.4, 0.5) is 0 Å². The summed E-state index contributed by atoms with van der Waals surface area (Å²) in [6.07, 6.45) is 6.47. The molecule has 0 amide bonds. The average Bonchev–Trinajstić information content (AvgIpc) is 3.50. The Hall–Kier alpha value is -3.41. The van der Waals surface area contributed by atoms with Crippen molar-refractivity contribution in [2.75, 3.05) is 0 Å². The van der Waals surface area contributed by atoms with Gasteiger partial charge in [0.25, 0.3) is 0 Å². The lowest BCUT2D eigenvalue weighted by molar-refractivity contribution is -0.116. The largest absolute Gasteiger partial charge is 0.465 e. The second-order valence-electron chi connectivity index (χ2n) is 10.0. The maximum Gasteiger partial charge on any atom is 0.201 e. The number of benzene rings is 2. The van der Waals surface area contributed by atoms with E-state index in [1.807, 2.05) is 0 Å². The molecule has 0 radical (unpaired) electrons. The summed E-state index contributed by atoms with van der Waals surface area (Å²) in [6.45, 7) is 0. The maximum absolute atomic E-state index is 14.6. The third-order valence-electron chi connectivity index (χ3n) is 7.51. The van der Waals surface area contributed by atoms with Crippen LogP contribution in [0.2, 0.25) is 10.0 Å². The average molecular weight is 547 g/mol. The summed E-state index contributed by atoms with van der Waals surface area (Å²) in [5, 5.41) is 1.10. The molecular formula is C31H24Cl2O5. The predicted octanol–water partition coefficient (Wildman–Crippen LogP) is 7.25. The Morgan fingerprint density at radius 2 is 1.05 bits per heavy atom. The lowest BCUT2D eigenvalue weighted by Crippen LogP contribution is -2.11. The van der Waals surface area contributed by atoms with Crippen LogP contribution in [0.1, 0.15) is 49.7 Å². The van der Waals surface area contributed by atoms with Crippen molar-refractivity contribution in [2.45, 2.75) is 38.5 Å². The van der Waals surface area contributed by atoms with Gasteiger partial charge in [0.2, 0.25) is 5.78 Å². The van der Waals surface area contributed by atoms with Crippen molar-refractivity contribution in [1.82, 2.24) is 0 Å². The van der Waals surface area contributed by atoms with Crippen molar-refractivity contribution < 1.29 is 23.9 Å². The first-order chi connectivity index (χ1) is 18.4. The third-order valence-corrected chi connectivity index (χ3v) is 8.02. The third kappa shape index (κ3) is 4.77. The maximum atomic E-state index is 14.6. The number of carbonyl (C=O) groups excluding carboxylic acids is 3. The van der Waals surface area contributed by atoms with Crippen molar-refractivity contribution in [3.63, 3.8) is 0 Å². The van der Waals surface area contributed by atoms with Crippen molar-refractivity contribution in [3.8, 4) is 0 Å². The van der Waals surface area contributed by atoms with Crippen LogP contribution >= 0.6 is 23.2 Å². The zero-order valence-corrected chi connectivity index (χ0v) is 22.0. The molecule has 0 aromatic heterocycles. The van der Waals surface area contributed by atoms with Crippen LogP contribution in [0, 0.1) is 11.8 Å². The number of halogens is 2. The van der Waals surface area contributed by atoms with Gasteiger partial charge in [-0.3, -0.25) is 14.4 Å². The van der Waals surface area contributed by atoms with E-state index in [-0.39, 0.29) is 29.2 Å². The van der Waals surface area contributed by atoms with Crippen LogP contribution in [0.5, 0.6) is 0 Å². The highest BCUT2D eigenvalue weighted by molar-refractivity contribution is 6.43. The van der Waals surface area contributed by atoms with Gasteiger partial charge in [-0.15, -0.1) is 0 Å². The highest BCUT2D eigenvalue weighted by Gasteiger charge is 2.38. The highest BCUT2D eigenvalue weighted by atomic mass is 35.5. The van der Waals surface area contributed by atoms with Gasteiger partial charge in [0, 0.05) is 59.7 Å². The molecule has 7 heteroatoms. The van der Waals surface area contributed by atoms with Crippen molar-refractivity contribution in [2.24, 2.45) is 11.8 Å². The van der Waals surface area contributed by atoms with E-state index in [0.29, 0.717) is 93.9 Å². The van der Waals surface area contributed by atoms with Gasteiger partial charge in [-0.25, -0.2) is 0 Å². The zero-order chi connectivity index (χ0) is 26.4. The first-order valence-electron chi connectivity index (χ1n) is 12.7. The van der Waals surface area contributed by atoms with Crippen LogP contribution in [0.3, 0.4) is 0 Å². The summed E-state index contributed by atoms with van der Waals surface area (Å²) in [6, 6.07) is 14.1. The fraction of sp³-hybridized carbons (Fsp3) is 0.258. The Morgan fingerprint density at radius 3 is 1.45 bits per heavy atom. The summed E-state index contributed by atoms with van der Waals surface area (Å²) < 4.78 is 12.4. The van der Waals surface area contributed by atoms with Crippen LogP contribution < -0.4 is 0 Å². The molecular weight excluding hydrogens is 523 g/mol. The zero-order valence-electron chi connectivity index (χ0n) is 20.5. The lowest BCUT2D eigenvalue weighted by Gasteiger charge is -2.16. The number of ketones is 3. The number of rotatable bonds is 4. The second-order valence-corrected chi connectivity index (χ2v) is 10.9. The van der Waals surface area contributed by atoms with Crippen molar-refractivity contribution in [1.29, 1.82) is 0 Å². The minimum Gasteiger partial charge on any atom is -0.465 e. The molecule has 192 valence electrons. The lowest BCUT2D eigenvalue weighted by atomic mass is 9.86. The Balaban J connectivity index is 1.51. The highest BCUT2D eigenvalue weighted by Crippen LogP contribution is 2.46. The van der Waals surface area contributed by atoms with Crippen LogP contribution in [0.25, 0.3) is 11.1 Å². The van der Waals surface area contributed by atoms with E-state index in [9.17, 15) is 14.4 Å². The molecule has 2 fully saturated rings. The molecule has 2 saturated heterocycles. The number of Topliss-reactive ketones (excluding diaryl/α,β-unsaturated/α-hetero) is 1. The summed E-state index contributed by atoms with van der Waals surface area (Å²) in [5.74, 6) is 2.22. The molecule has 4 aliphatic rings. The van der Waals surface area contributed by atoms with E-state index >= 15 is 0 Å². The van der Waals surface area contributed by atoms with Gasteiger partial charge < -0.3 is 9.47 Å². The van der Waals surface area contributed by atoms with E-state index < -0.39 is 0 Å². The molecule has 2 aromatic carbocycles. The van der Waals surface area contributed by atoms with Crippen molar-refractivity contribution in [3.05, 3.63) is 105 Å². The predicted molar refractivity (Wildman–Crippen MR) is 145 cm³/mol. The van der Waals surface area contributed by atoms with E-state index in [4.69, 9.17) is 32.7 Å². The first kappa shape index (κ1) is 24.9. The molecule has 38 heavy (non-hydrogen) atoms. The van der Waals surface area contributed by atoms with E-state index in [1.54, 1.807) is 60.7 Å². The van der Waals surface area contributed by atoms with Crippen LogP contribution in [0.15, 0.2) is 83.7 Å². The second kappa shape index (κ2) is 10.0. The normalized spacial score (nSPS) is 25.0. The Bertz CT molecular complexity index is 1360. The molecule has 2 heterocycles. The smallest absolute Gasteiger partial charge is 0.201 e. The van der Waals surface area contributed by atoms with E-state index in [0.717, 1.165) is 0 Å². The van der Waals surface area contributed by atoms with Gasteiger partial charge in [-0.05, 0) is 48.2 Å². The number of carbonyl (C=O) groups is 3. The minimum atomic E-state index is -0.254. The van der Waals surface area contributed by atoms with Gasteiger partial charge in [-0.2, -0.15) is 0 Å². The van der Waals surface area contributed by atoms with Gasteiger partial charge in [0.15, 0.2) is 11.6 Å². The summed E-state index contributed by atoms with van der Waals surface area (Å²) >= 11 is 12.4. The van der Waals surface area contributed by atoms with Crippen molar-refractivity contribution >= 4 is 51.7 Å². The number of hydrogen-bond acceptors (Lipinski definition) is 5. The monoisotopic (exact) mass is 546 g/mol. The summed E-state index contributed by atoms with van der Waals surface area (Å²) in [5.41, 5.74) is 2.14. The van der Waals surface area contributed by atoms with Crippen LogP contribution in [-0.2, 0) is 23.9 Å². The van der Waals surface area contributed by atoms with Crippen LogP contribution in [-0.4, -0.2) is 17.3 Å². The number of hydrogen-bond donors (Lipinski definition) is 0. The fourth-order valence-electron chi connectivity index (χ4n) is 5.56. The molecule has 2 aliphatic carbocycles. The van der Waals surface area contributed by atoms with Gasteiger partial charge in [-0.1, -0.05) is 47.5 Å². The van der Waals surface area contributed by atoms with Gasteiger partial charge in [0.05, 0.1) is 11.1 Å². The standard InChI is InChI=1S/C31H24Cl2O5/c32-21-7-1-17(2-8-21)29(27-13-19-5-11-23(34)15-25(19)37-27)31(36)30(18-3-9-22(33)10-4-18)28-14-20-6-12-24(35)16-26(20)38-28/h1-4,7-10,15-16,19-20H,5-6,11-14H2/b29-27+,30-28+. The quantitative estimate of drug-likeness (QED) is 0.377. The van der Waals surface area contributed by atoms with E-state index in [2.05, 4.69) is 0 Å². The molecule has 2 unspecified atom stereocenters. The number of fused-ring (bicyclic) bond motifs is 2. The minimum absolute atomic E-state index is 0.0330. The Morgan fingerprint density at radius 1 is 0.658 bits per heavy atom. The van der Waals surface area contributed by atoms with Gasteiger partial charge >= 0.3 is 0 Å². The summed E-state index contributed by atoms with van der Waals surface area (Å²) in [7, 11) is 0. The number of ether oxygens (including phenoxy) is 2. The van der Waals surface area contributed by atoms with E-state index in [1.165, 1.54) is 0 Å². The van der Waals surface area contributed by atoms with Gasteiger partial charge in [0.1, 0.15) is 23.0 Å². The molecule has 0 spiro atoms. The SMILES string of the molecule is O=C1C=C2O/C(=C(/C(=O)/C(=C3\CC4CCC(=O)C=C4O3)c3ccc(Cl)cc3)c3ccc(Cl)cc3)CC2CC1. The first-order valence-corrected chi connectivity index (χ1v) is 13.5. The molecule has 6 rings (SSSR count). The molecule has 2 aliphatic heterocycles. The topological polar surface area (TPSA) is 69.7 Å². The fourth-order valence-corrected chi connectivity index (χ4v) is 5.81.